The van der Waals surface area contributed by atoms with Gasteiger partial charge in [0, 0.05) is 0 Å². The summed E-state index contributed by atoms with van der Waals surface area (Å²) in [7, 11) is 0. The molecule has 0 fully saturated rings. The van der Waals surface area contributed by atoms with Crippen LogP contribution in [0.15, 0.2) is 97.1 Å². The van der Waals surface area contributed by atoms with Crippen LogP contribution in [0.1, 0.15) is 39.0 Å². The van der Waals surface area contributed by atoms with E-state index in [0.717, 1.165) is 11.1 Å². The molecule has 0 amide bonds. The first-order valence-electron chi connectivity index (χ1n) is 11.8. The zero-order valence-corrected chi connectivity index (χ0v) is 22.5. The van der Waals surface area contributed by atoms with Gasteiger partial charge < -0.3 is 0 Å². The van der Waals surface area contributed by atoms with Crippen LogP contribution in [-0.4, -0.2) is 24.3 Å². The van der Waals surface area contributed by atoms with E-state index in [-0.39, 0.29) is 11.2 Å². The summed E-state index contributed by atoms with van der Waals surface area (Å²) in [6.45, 7) is 8.42. The van der Waals surface area contributed by atoms with Gasteiger partial charge in [-0.25, -0.2) is 0 Å². The SMILES string of the molecule is Cc1cc[c]([Ge]([c]2ccc(C)cc2)([c]2ccc(C)cc2)[C@@H](CC(=O)O)c2ccccc2C)cc1. The van der Waals surface area contributed by atoms with Gasteiger partial charge >= 0.3 is 206 Å². The molecule has 1 atom stereocenters. The Morgan fingerprint density at radius 3 is 1.38 bits per heavy atom. The Morgan fingerprint density at radius 1 is 0.647 bits per heavy atom. The molecule has 34 heavy (non-hydrogen) atoms. The molecule has 172 valence electrons. The number of rotatable bonds is 7. The molecule has 1 N–H and O–H groups in total. The molecule has 2 nitrogen and oxygen atoms in total. The van der Waals surface area contributed by atoms with Gasteiger partial charge in [-0.2, -0.15) is 0 Å². The molecule has 0 aromatic heterocycles. The zero-order chi connectivity index (χ0) is 24.3. The first-order valence-corrected chi connectivity index (χ1v) is 16.2. The number of carboxylic acids is 1. The number of hydrogen-bond acceptors (Lipinski definition) is 1. The van der Waals surface area contributed by atoms with Crippen LogP contribution in [-0.2, 0) is 4.79 Å². The summed E-state index contributed by atoms with van der Waals surface area (Å²) in [5, 5.41) is 10.2. The minimum absolute atomic E-state index is 0.0977. The predicted octanol–water partition coefficient (Wildman–Crippen LogP) is 5.19. The van der Waals surface area contributed by atoms with Crippen LogP contribution in [0.5, 0.6) is 0 Å². The van der Waals surface area contributed by atoms with Crippen LogP contribution in [0.25, 0.3) is 0 Å². The van der Waals surface area contributed by atoms with Gasteiger partial charge in [0.05, 0.1) is 0 Å². The topological polar surface area (TPSA) is 37.3 Å². The Morgan fingerprint density at radius 2 is 1.03 bits per heavy atom. The number of benzene rings is 4. The van der Waals surface area contributed by atoms with Gasteiger partial charge in [-0.3, -0.25) is 0 Å². The van der Waals surface area contributed by atoms with Gasteiger partial charge in [0.2, 0.25) is 0 Å². The molecule has 0 aliphatic rings. The Hall–Kier alpha value is -3.11. The molecule has 0 saturated heterocycles. The molecule has 4 aromatic rings. The summed E-state index contributed by atoms with van der Waals surface area (Å²) in [5.41, 5.74) is 5.91. The van der Waals surface area contributed by atoms with Crippen LogP contribution in [0.3, 0.4) is 0 Å². The summed E-state index contributed by atoms with van der Waals surface area (Å²) in [6.07, 6.45) is 0.0977. The van der Waals surface area contributed by atoms with E-state index in [9.17, 15) is 9.90 Å². The number of carboxylic acid groups (broad SMARTS) is 1. The Bertz CT molecular complexity index is 1160. The molecule has 3 heteroatoms. The van der Waals surface area contributed by atoms with Crippen molar-refractivity contribution in [2.45, 2.75) is 38.9 Å². The summed E-state index contributed by atoms with van der Waals surface area (Å²) in [5.74, 6) is -0.755. The van der Waals surface area contributed by atoms with Crippen LogP contribution < -0.4 is 13.2 Å². The van der Waals surface area contributed by atoms with Crippen molar-refractivity contribution in [3.05, 3.63) is 125 Å². The second-order valence-corrected chi connectivity index (χ2v) is 17.9. The third kappa shape index (κ3) is 4.60. The average Bonchev–Trinajstić information content (AvgIpc) is 2.82. The van der Waals surface area contributed by atoms with Gasteiger partial charge in [-0.1, -0.05) is 0 Å². The maximum atomic E-state index is 12.4. The fourth-order valence-corrected chi connectivity index (χ4v) is 16.9. The first kappa shape index (κ1) is 24.0. The van der Waals surface area contributed by atoms with Crippen LogP contribution in [0, 0.1) is 27.7 Å². The summed E-state index contributed by atoms with van der Waals surface area (Å²) >= 11 is -3.59. The molecule has 0 spiro atoms. The summed E-state index contributed by atoms with van der Waals surface area (Å²) in [4.78, 5) is 12.4. The van der Waals surface area contributed by atoms with Gasteiger partial charge in [0.1, 0.15) is 0 Å². The van der Waals surface area contributed by atoms with Crippen molar-refractivity contribution in [3.8, 4) is 0 Å². The molecule has 4 rings (SSSR count). The van der Waals surface area contributed by atoms with Crippen LogP contribution in [0.2, 0.25) is 0 Å². The summed E-state index contributed by atoms with van der Waals surface area (Å²) < 4.78 is 3.74. The maximum absolute atomic E-state index is 12.4. The average molecular weight is 509 g/mol. The van der Waals surface area contributed by atoms with Crippen molar-refractivity contribution in [1.29, 1.82) is 0 Å². The van der Waals surface area contributed by atoms with Crippen molar-refractivity contribution < 1.29 is 9.90 Å². The van der Waals surface area contributed by atoms with E-state index < -0.39 is 19.2 Å². The van der Waals surface area contributed by atoms with E-state index in [2.05, 4.69) is 113 Å². The van der Waals surface area contributed by atoms with E-state index in [1.54, 1.807) is 0 Å². The molecule has 0 aliphatic carbocycles. The van der Waals surface area contributed by atoms with Gasteiger partial charge in [-0.15, -0.1) is 0 Å². The molecule has 0 aliphatic heterocycles. The van der Waals surface area contributed by atoms with Crippen molar-refractivity contribution in [2.24, 2.45) is 0 Å². The zero-order valence-electron chi connectivity index (χ0n) is 20.4. The molecule has 0 unspecified atom stereocenters. The standard InChI is InChI=1S/C31H32GeO2/c1-22-9-15-26(16-10-22)32(27-17-11-23(2)12-18-27,28-19-13-24(3)14-20-28)30(21-31(33)34)29-8-6-5-7-25(29)4/h5-20,30H,21H2,1-4H3,(H,33,34)/t30-/m0/s1. The van der Waals surface area contributed by atoms with E-state index >= 15 is 0 Å². The summed E-state index contributed by atoms with van der Waals surface area (Å²) in [6, 6.07) is 34.9. The second kappa shape index (κ2) is 10.0. The van der Waals surface area contributed by atoms with Crippen molar-refractivity contribution in [2.75, 3.05) is 0 Å². The third-order valence-electron chi connectivity index (χ3n) is 6.99. The van der Waals surface area contributed by atoms with E-state index in [1.165, 1.54) is 29.9 Å². The van der Waals surface area contributed by atoms with Gasteiger partial charge in [0.15, 0.2) is 0 Å². The fourth-order valence-electron chi connectivity index (χ4n) is 5.20. The molecule has 0 bridgehead atoms. The normalized spacial score (nSPS) is 12.4. The molecule has 0 heterocycles. The van der Waals surface area contributed by atoms with E-state index in [0.29, 0.717) is 0 Å². The Balaban J connectivity index is 2.16. The first-order chi connectivity index (χ1) is 16.3. The molecular weight excluding hydrogens is 477 g/mol. The van der Waals surface area contributed by atoms with E-state index in [4.69, 9.17) is 0 Å². The molecule has 4 aromatic carbocycles. The van der Waals surface area contributed by atoms with Crippen LogP contribution >= 0.6 is 0 Å². The minimum atomic E-state index is -3.59. The number of aliphatic carboxylic acids is 1. The van der Waals surface area contributed by atoms with Gasteiger partial charge in [0.25, 0.3) is 0 Å². The molecular formula is C31H32GeO2. The third-order valence-corrected chi connectivity index (χ3v) is 18.1. The monoisotopic (exact) mass is 510 g/mol. The predicted molar refractivity (Wildman–Crippen MR) is 144 cm³/mol. The Labute approximate surface area is 205 Å². The number of hydrogen-bond donors (Lipinski definition) is 1. The van der Waals surface area contributed by atoms with Gasteiger partial charge in [-0.05, 0) is 0 Å². The number of carbonyl (C=O) groups is 1. The van der Waals surface area contributed by atoms with Crippen LogP contribution in [0.4, 0.5) is 0 Å². The molecule has 0 saturated carbocycles. The number of aryl methyl sites for hydroxylation is 4. The fraction of sp³-hybridized carbons (Fsp3) is 0.194. The van der Waals surface area contributed by atoms with Crippen molar-refractivity contribution in [1.82, 2.24) is 0 Å². The van der Waals surface area contributed by atoms with Crippen molar-refractivity contribution in [3.63, 3.8) is 0 Å². The Kier molecular flexibility index (Phi) is 7.09. The van der Waals surface area contributed by atoms with E-state index in [1.807, 2.05) is 12.1 Å². The quantitative estimate of drug-likeness (QED) is 0.349. The molecule has 0 radical (unpaired) electrons. The van der Waals surface area contributed by atoms with Crippen molar-refractivity contribution >= 4 is 32.4 Å². The second-order valence-electron chi connectivity index (χ2n) is 9.41.